The van der Waals surface area contributed by atoms with Crippen molar-refractivity contribution in [1.29, 1.82) is 0 Å². The molecule has 0 aliphatic heterocycles. The lowest BCUT2D eigenvalue weighted by Gasteiger charge is -2.27. The third-order valence-corrected chi connectivity index (χ3v) is 5.10. The van der Waals surface area contributed by atoms with Crippen molar-refractivity contribution in [2.45, 2.75) is 58.8 Å². The summed E-state index contributed by atoms with van der Waals surface area (Å²) in [7, 11) is 0. The smallest absolute Gasteiger partial charge is 0.341 e. The minimum atomic E-state index is -0.931. The molecule has 1 atom stereocenters. The van der Waals surface area contributed by atoms with Crippen molar-refractivity contribution in [1.82, 2.24) is 0 Å². The first-order chi connectivity index (χ1) is 11.0. The molecule has 1 aliphatic rings. The summed E-state index contributed by atoms with van der Waals surface area (Å²) in [6, 6.07) is 7.82. The van der Waals surface area contributed by atoms with E-state index in [-0.39, 0.29) is 6.61 Å². The van der Waals surface area contributed by atoms with Crippen LogP contribution in [-0.2, 0) is 11.2 Å². The number of carboxylic acids is 1. The molecular formula is C20H30O3. The lowest BCUT2D eigenvalue weighted by atomic mass is 9.79. The summed E-state index contributed by atoms with van der Waals surface area (Å²) in [5.74, 6) is 2.21. The second-order valence-corrected chi connectivity index (χ2v) is 7.30. The number of carboxylic acid groups (broad SMARTS) is 1. The fourth-order valence-electron chi connectivity index (χ4n) is 3.57. The van der Waals surface area contributed by atoms with Crippen molar-refractivity contribution in [3.63, 3.8) is 0 Å². The van der Waals surface area contributed by atoms with Crippen molar-refractivity contribution < 1.29 is 14.6 Å². The fraction of sp³-hybridized carbons (Fsp3) is 0.650. The second kappa shape index (κ2) is 8.95. The molecule has 1 aliphatic carbocycles. The molecule has 0 spiro atoms. The molecule has 1 aromatic rings. The third-order valence-electron chi connectivity index (χ3n) is 5.10. The summed E-state index contributed by atoms with van der Waals surface area (Å²) < 4.78 is 5.41. The molecule has 128 valence electrons. The topological polar surface area (TPSA) is 46.5 Å². The highest BCUT2D eigenvalue weighted by molar-refractivity contribution is 5.68. The lowest BCUT2D eigenvalue weighted by molar-refractivity contribution is -0.139. The Labute approximate surface area is 140 Å². The van der Waals surface area contributed by atoms with Crippen LogP contribution in [0.5, 0.6) is 5.75 Å². The Bertz CT molecular complexity index is 489. The molecule has 1 N–H and O–H groups in total. The Balaban J connectivity index is 1.80. The number of hydrogen-bond acceptors (Lipinski definition) is 2. The molecule has 1 unspecified atom stereocenters. The molecule has 1 fully saturated rings. The van der Waals surface area contributed by atoms with Crippen LogP contribution in [0.15, 0.2) is 24.3 Å². The van der Waals surface area contributed by atoms with Gasteiger partial charge in [-0.25, -0.2) is 4.79 Å². The quantitative estimate of drug-likeness (QED) is 0.739. The highest BCUT2D eigenvalue weighted by Crippen LogP contribution is 2.32. The monoisotopic (exact) mass is 318 g/mol. The average Bonchev–Trinajstić information content (AvgIpc) is 2.53. The van der Waals surface area contributed by atoms with Crippen LogP contribution in [0, 0.1) is 17.8 Å². The Hall–Kier alpha value is -1.51. The molecule has 2 rings (SSSR count). The van der Waals surface area contributed by atoms with E-state index in [9.17, 15) is 4.79 Å². The molecule has 0 heterocycles. The molecule has 1 saturated carbocycles. The minimum Gasteiger partial charge on any atom is -0.482 e. The van der Waals surface area contributed by atoms with Gasteiger partial charge in [-0.15, -0.1) is 0 Å². The molecule has 0 amide bonds. The first-order valence-corrected chi connectivity index (χ1v) is 8.97. The van der Waals surface area contributed by atoms with Crippen molar-refractivity contribution in [3.8, 4) is 5.75 Å². The number of hydrogen-bond donors (Lipinski definition) is 1. The summed E-state index contributed by atoms with van der Waals surface area (Å²) in [5, 5.41) is 8.77. The number of aliphatic carboxylic acids is 1. The zero-order valence-electron chi connectivity index (χ0n) is 14.5. The fourth-order valence-corrected chi connectivity index (χ4v) is 3.57. The minimum absolute atomic E-state index is 0.272. The van der Waals surface area contributed by atoms with Crippen LogP contribution in [0.2, 0.25) is 0 Å². The summed E-state index contributed by atoms with van der Waals surface area (Å²) in [6.45, 7) is 4.39. The van der Waals surface area contributed by atoms with Crippen LogP contribution >= 0.6 is 0 Å². The Morgan fingerprint density at radius 3 is 2.65 bits per heavy atom. The third kappa shape index (κ3) is 6.25. The predicted octanol–water partition coefficient (Wildman–Crippen LogP) is 4.94. The van der Waals surface area contributed by atoms with E-state index < -0.39 is 5.97 Å². The number of ether oxygens (including phenoxy) is 1. The van der Waals surface area contributed by atoms with Gasteiger partial charge in [-0.3, -0.25) is 0 Å². The van der Waals surface area contributed by atoms with Gasteiger partial charge in [0, 0.05) is 0 Å². The summed E-state index contributed by atoms with van der Waals surface area (Å²) >= 11 is 0. The zero-order chi connectivity index (χ0) is 16.7. The van der Waals surface area contributed by atoms with Crippen molar-refractivity contribution in [2.24, 2.45) is 17.8 Å². The SMILES string of the molecule is CC1CCC(CCC(C)Cc2ccccc2OCC(=O)O)CC1. The van der Waals surface area contributed by atoms with Crippen molar-refractivity contribution >= 4 is 5.97 Å². The number of carbonyl (C=O) groups is 1. The van der Waals surface area contributed by atoms with Gasteiger partial charge in [-0.05, 0) is 35.8 Å². The van der Waals surface area contributed by atoms with Crippen LogP contribution in [0.25, 0.3) is 0 Å². The summed E-state index contributed by atoms with van der Waals surface area (Å²) in [5.41, 5.74) is 1.12. The molecule has 3 nitrogen and oxygen atoms in total. The normalized spacial score (nSPS) is 22.5. The van der Waals surface area contributed by atoms with E-state index in [0.717, 1.165) is 23.8 Å². The van der Waals surface area contributed by atoms with E-state index in [0.29, 0.717) is 11.7 Å². The predicted molar refractivity (Wildman–Crippen MR) is 92.8 cm³/mol. The zero-order valence-corrected chi connectivity index (χ0v) is 14.5. The van der Waals surface area contributed by atoms with E-state index in [2.05, 4.69) is 19.9 Å². The van der Waals surface area contributed by atoms with E-state index in [1.807, 2.05) is 18.2 Å². The van der Waals surface area contributed by atoms with Crippen LogP contribution < -0.4 is 4.74 Å². The van der Waals surface area contributed by atoms with Crippen LogP contribution in [-0.4, -0.2) is 17.7 Å². The maximum atomic E-state index is 10.7. The van der Waals surface area contributed by atoms with Crippen molar-refractivity contribution in [2.75, 3.05) is 6.61 Å². The Kier molecular flexibility index (Phi) is 6.94. The highest BCUT2D eigenvalue weighted by Gasteiger charge is 2.19. The maximum Gasteiger partial charge on any atom is 0.341 e. The van der Waals surface area contributed by atoms with Gasteiger partial charge >= 0.3 is 5.97 Å². The van der Waals surface area contributed by atoms with Gasteiger partial charge < -0.3 is 9.84 Å². The summed E-state index contributed by atoms with van der Waals surface area (Å²) in [6.07, 6.45) is 9.10. The molecule has 0 radical (unpaired) electrons. The molecule has 23 heavy (non-hydrogen) atoms. The molecule has 0 aromatic heterocycles. The van der Waals surface area contributed by atoms with Gasteiger partial charge in [0.25, 0.3) is 0 Å². The largest absolute Gasteiger partial charge is 0.482 e. The van der Waals surface area contributed by atoms with Gasteiger partial charge in [0.1, 0.15) is 5.75 Å². The number of benzene rings is 1. The lowest BCUT2D eigenvalue weighted by Crippen LogP contribution is -2.14. The number of rotatable bonds is 8. The van der Waals surface area contributed by atoms with Crippen LogP contribution in [0.4, 0.5) is 0 Å². The van der Waals surface area contributed by atoms with Gasteiger partial charge in [-0.2, -0.15) is 0 Å². The van der Waals surface area contributed by atoms with E-state index in [4.69, 9.17) is 9.84 Å². The molecule has 3 heteroatoms. The maximum absolute atomic E-state index is 10.7. The summed E-state index contributed by atoms with van der Waals surface area (Å²) in [4.78, 5) is 10.7. The molecule has 0 saturated heterocycles. The van der Waals surface area contributed by atoms with E-state index >= 15 is 0 Å². The van der Waals surface area contributed by atoms with E-state index in [1.165, 1.54) is 38.5 Å². The van der Waals surface area contributed by atoms with Gasteiger partial charge in [-0.1, -0.05) is 70.6 Å². The van der Waals surface area contributed by atoms with Gasteiger partial charge in [0.05, 0.1) is 0 Å². The average molecular weight is 318 g/mol. The molecule has 0 bridgehead atoms. The highest BCUT2D eigenvalue weighted by atomic mass is 16.5. The van der Waals surface area contributed by atoms with Crippen molar-refractivity contribution in [3.05, 3.63) is 29.8 Å². The number of para-hydroxylation sites is 1. The molecule has 1 aromatic carbocycles. The van der Waals surface area contributed by atoms with Gasteiger partial charge in [0.2, 0.25) is 0 Å². The first-order valence-electron chi connectivity index (χ1n) is 8.97. The van der Waals surface area contributed by atoms with E-state index in [1.54, 1.807) is 0 Å². The van der Waals surface area contributed by atoms with Gasteiger partial charge in [0.15, 0.2) is 6.61 Å². The second-order valence-electron chi connectivity index (χ2n) is 7.30. The standard InChI is InChI=1S/C20H30O3/c1-15-7-10-17(11-8-15)12-9-16(2)13-18-5-3-4-6-19(18)23-14-20(21)22/h3-6,15-17H,7-14H2,1-2H3,(H,21,22). The first kappa shape index (κ1) is 17.8. The Morgan fingerprint density at radius 2 is 1.96 bits per heavy atom. The Morgan fingerprint density at radius 1 is 1.26 bits per heavy atom. The van der Waals surface area contributed by atoms with Crippen LogP contribution in [0.1, 0.15) is 57.9 Å². The van der Waals surface area contributed by atoms with Crippen LogP contribution in [0.3, 0.4) is 0 Å². The molecular weight excluding hydrogens is 288 g/mol.